The van der Waals surface area contributed by atoms with Crippen molar-refractivity contribution in [3.8, 4) is 12.1 Å². The van der Waals surface area contributed by atoms with Crippen LogP contribution in [0, 0.1) is 29.6 Å². The Morgan fingerprint density at radius 3 is 1.25 bits per heavy atom. The SMILES string of the molecule is Cc1cc[c]([Bi]([c]2ccc(C#N)cc2)[c]2ccc(C#N)cc2)cc1. The van der Waals surface area contributed by atoms with Gasteiger partial charge in [0.25, 0.3) is 0 Å². The fourth-order valence-electron chi connectivity index (χ4n) is 2.51. The quantitative estimate of drug-likeness (QED) is 0.514. The monoisotopic (exact) mass is 504 g/mol. The molecule has 0 aliphatic heterocycles. The average Bonchev–Trinajstić information content (AvgIpc) is 2.64. The van der Waals surface area contributed by atoms with E-state index in [1.165, 1.54) is 15.4 Å². The molecule has 0 amide bonds. The summed E-state index contributed by atoms with van der Waals surface area (Å²) in [7, 11) is 0. The van der Waals surface area contributed by atoms with E-state index in [9.17, 15) is 0 Å². The maximum absolute atomic E-state index is 9.03. The Morgan fingerprint density at radius 2 is 0.917 bits per heavy atom. The predicted octanol–water partition coefficient (Wildman–Crippen LogP) is 2.25. The van der Waals surface area contributed by atoms with Gasteiger partial charge in [-0.15, -0.1) is 0 Å². The standard InChI is InChI=1S/2C7H4N.C7H7.Bi/c2*8-6-7-4-2-1-3-5-7;1-7-5-3-2-4-6-7;/h2*2-5H;3-6H,1H3;. The van der Waals surface area contributed by atoms with E-state index in [2.05, 4.69) is 67.6 Å². The molecule has 3 rings (SSSR count). The van der Waals surface area contributed by atoms with Crippen molar-refractivity contribution in [3.05, 3.63) is 89.5 Å². The first-order valence-corrected chi connectivity index (χ1v) is 12.8. The second kappa shape index (κ2) is 7.40. The summed E-state index contributed by atoms with van der Waals surface area (Å²) in [4.78, 5) is 0. The fourth-order valence-corrected chi connectivity index (χ4v) is 11.2. The van der Waals surface area contributed by atoms with Gasteiger partial charge in [-0.1, -0.05) is 0 Å². The molecule has 0 aliphatic carbocycles. The number of hydrogen-bond acceptors (Lipinski definition) is 2. The van der Waals surface area contributed by atoms with E-state index in [1.807, 2.05) is 24.3 Å². The molecule has 0 heterocycles. The molecule has 114 valence electrons. The number of nitriles is 2. The molecule has 0 unspecified atom stereocenters. The second-order valence-electron chi connectivity index (χ2n) is 5.49. The van der Waals surface area contributed by atoms with Crippen molar-refractivity contribution in [1.82, 2.24) is 0 Å². The van der Waals surface area contributed by atoms with Crippen LogP contribution < -0.4 is 9.81 Å². The Hall–Kier alpha value is -2.48. The average molecular weight is 504 g/mol. The number of nitrogens with zero attached hydrogens (tertiary/aromatic N) is 2. The maximum atomic E-state index is 9.03. The summed E-state index contributed by atoms with van der Waals surface area (Å²) in [6, 6.07) is 29.1. The molecule has 3 aromatic carbocycles. The summed E-state index contributed by atoms with van der Waals surface area (Å²) in [5, 5.41) is 18.1. The van der Waals surface area contributed by atoms with Crippen LogP contribution in [-0.4, -0.2) is 21.8 Å². The van der Waals surface area contributed by atoms with Gasteiger partial charge in [0, 0.05) is 0 Å². The summed E-state index contributed by atoms with van der Waals surface area (Å²) in [6.45, 7) is 2.09. The van der Waals surface area contributed by atoms with E-state index < -0.39 is 21.8 Å². The molecule has 0 aromatic heterocycles. The van der Waals surface area contributed by atoms with E-state index in [4.69, 9.17) is 10.5 Å². The van der Waals surface area contributed by atoms with Gasteiger partial charge >= 0.3 is 151 Å². The third-order valence-corrected chi connectivity index (χ3v) is 13.3. The molecule has 0 aliphatic rings. The van der Waals surface area contributed by atoms with Crippen molar-refractivity contribution >= 4 is 31.6 Å². The normalized spacial score (nSPS) is 10.2. The zero-order chi connectivity index (χ0) is 16.9. The fraction of sp³-hybridized carbons (Fsp3) is 0.0476. The van der Waals surface area contributed by atoms with Gasteiger partial charge < -0.3 is 0 Å². The van der Waals surface area contributed by atoms with Crippen molar-refractivity contribution in [2.75, 3.05) is 0 Å². The van der Waals surface area contributed by atoms with Crippen LogP contribution in [0.5, 0.6) is 0 Å². The summed E-state index contributed by atoms with van der Waals surface area (Å²) in [6.07, 6.45) is 0. The molecule has 3 aromatic rings. The number of rotatable bonds is 3. The Bertz CT molecular complexity index is 855. The van der Waals surface area contributed by atoms with Gasteiger partial charge in [-0.25, -0.2) is 0 Å². The first-order chi connectivity index (χ1) is 11.7. The summed E-state index contributed by atoms with van der Waals surface area (Å²) >= 11 is -2.40. The third-order valence-electron chi connectivity index (χ3n) is 3.80. The Kier molecular flexibility index (Phi) is 5.05. The molecule has 0 atom stereocenters. The van der Waals surface area contributed by atoms with Gasteiger partial charge in [-0.3, -0.25) is 0 Å². The van der Waals surface area contributed by atoms with Crippen molar-refractivity contribution in [3.63, 3.8) is 0 Å². The Balaban J connectivity index is 2.10. The Morgan fingerprint density at radius 1 is 0.583 bits per heavy atom. The van der Waals surface area contributed by atoms with E-state index in [0.717, 1.165) is 0 Å². The van der Waals surface area contributed by atoms with Crippen molar-refractivity contribution in [2.24, 2.45) is 0 Å². The second-order valence-corrected chi connectivity index (χ2v) is 14.1. The van der Waals surface area contributed by atoms with Crippen LogP contribution in [0.15, 0.2) is 72.8 Å². The molecule has 3 heteroatoms. The summed E-state index contributed by atoms with van der Waals surface area (Å²) in [5.74, 6) is 0. The molecule has 0 radical (unpaired) electrons. The summed E-state index contributed by atoms with van der Waals surface area (Å²) < 4.78 is 4.06. The van der Waals surface area contributed by atoms with Crippen LogP contribution in [0.4, 0.5) is 0 Å². The van der Waals surface area contributed by atoms with Crippen LogP contribution in [0.3, 0.4) is 0 Å². The van der Waals surface area contributed by atoms with Gasteiger partial charge in [-0.05, 0) is 0 Å². The number of aryl methyl sites for hydroxylation is 1. The Labute approximate surface area is 150 Å². The van der Waals surface area contributed by atoms with Gasteiger partial charge in [0.1, 0.15) is 0 Å². The first kappa shape index (κ1) is 16.4. The van der Waals surface area contributed by atoms with Gasteiger partial charge in [0.15, 0.2) is 0 Å². The van der Waals surface area contributed by atoms with E-state index >= 15 is 0 Å². The zero-order valence-electron chi connectivity index (χ0n) is 13.3. The molecule has 0 saturated carbocycles. The van der Waals surface area contributed by atoms with E-state index in [1.54, 1.807) is 0 Å². The zero-order valence-corrected chi connectivity index (χ0v) is 16.7. The van der Waals surface area contributed by atoms with Crippen LogP contribution >= 0.6 is 0 Å². The molecule has 0 bridgehead atoms. The van der Waals surface area contributed by atoms with Gasteiger partial charge in [0.05, 0.1) is 0 Å². The van der Waals surface area contributed by atoms with Crippen molar-refractivity contribution in [2.45, 2.75) is 6.92 Å². The number of benzene rings is 3. The summed E-state index contributed by atoms with van der Waals surface area (Å²) in [5.41, 5.74) is 2.63. The van der Waals surface area contributed by atoms with E-state index in [-0.39, 0.29) is 0 Å². The van der Waals surface area contributed by atoms with Crippen LogP contribution in [0.2, 0.25) is 0 Å². The first-order valence-electron chi connectivity index (χ1n) is 7.58. The predicted molar refractivity (Wildman–Crippen MR) is 98.1 cm³/mol. The van der Waals surface area contributed by atoms with Gasteiger partial charge in [-0.2, -0.15) is 0 Å². The molecule has 0 saturated heterocycles. The van der Waals surface area contributed by atoms with Crippen molar-refractivity contribution < 1.29 is 0 Å². The minimum absolute atomic E-state index is 0.687. The molecular formula is C21H15BiN2. The van der Waals surface area contributed by atoms with Gasteiger partial charge in [0.2, 0.25) is 0 Å². The minimum atomic E-state index is -2.40. The third kappa shape index (κ3) is 3.54. The van der Waals surface area contributed by atoms with Crippen LogP contribution in [0.25, 0.3) is 0 Å². The van der Waals surface area contributed by atoms with Crippen molar-refractivity contribution in [1.29, 1.82) is 10.5 Å². The molecule has 0 N–H and O–H groups in total. The molecule has 24 heavy (non-hydrogen) atoms. The molecule has 2 nitrogen and oxygen atoms in total. The topological polar surface area (TPSA) is 47.6 Å². The number of hydrogen-bond donors (Lipinski definition) is 0. The molecule has 0 spiro atoms. The van der Waals surface area contributed by atoms with Crippen LogP contribution in [-0.2, 0) is 0 Å². The van der Waals surface area contributed by atoms with Crippen LogP contribution in [0.1, 0.15) is 16.7 Å². The molecular weight excluding hydrogens is 489 g/mol. The van der Waals surface area contributed by atoms with E-state index in [0.29, 0.717) is 11.1 Å². The molecule has 0 fully saturated rings.